The maximum absolute atomic E-state index is 14.3. The third kappa shape index (κ3) is 4.76. The molecule has 4 heterocycles. The van der Waals surface area contributed by atoms with Crippen molar-refractivity contribution < 1.29 is 22.7 Å². The summed E-state index contributed by atoms with van der Waals surface area (Å²) in [4.78, 5) is 27.5. The molecule has 1 saturated carbocycles. The molecule has 3 aliphatic rings. The number of aliphatic imine (C=N–C) groups is 1. The molecule has 1 amide bonds. The molecule has 1 unspecified atom stereocenters. The van der Waals surface area contributed by atoms with Gasteiger partial charge in [0, 0.05) is 47.9 Å². The normalized spacial score (nSPS) is 23.9. The van der Waals surface area contributed by atoms with E-state index in [9.17, 15) is 18.0 Å². The Morgan fingerprint density at radius 1 is 1.27 bits per heavy atom. The van der Waals surface area contributed by atoms with Crippen LogP contribution in [0.1, 0.15) is 48.9 Å². The van der Waals surface area contributed by atoms with E-state index in [-0.39, 0.29) is 29.3 Å². The minimum absolute atomic E-state index is 0.0356. The SMILES string of the molecule is COc1cc([C@@H](C)C(=O)N2CC[C@H](Nc3ccc(C4(C5CC5)N=NC(C(F)F)=N4)c(C)n3)C2)c(F)cn1. The highest BCUT2D eigenvalue weighted by molar-refractivity contribution is 5.87. The predicted molar refractivity (Wildman–Crippen MR) is 129 cm³/mol. The number of halogens is 3. The highest BCUT2D eigenvalue weighted by atomic mass is 19.3. The number of hydrogen-bond donors (Lipinski definition) is 1. The Hall–Kier alpha value is -3.57. The van der Waals surface area contributed by atoms with E-state index in [0.717, 1.165) is 19.0 Å². The summed E-state index contributed by atoms with van der Waals surface area (Å²) in [5.74, 6) is -1.06. The van der Waals surface area contributed by atoms with E-state index in [1.165, 1.54) is 13.2 Å². The van der Waals surface area contributed by atoms with Gasteiger partial charge in [-0.05, 0) is 45.2 Å². The number of alkyl halides is 2. The Morgan fingerprint density at radius 2 is 2.05 bits per heavy atom. The number of methoxy groups -OCH3 is 1. The second-order valence-electron chi connectivity index (χ2n) is 9.68. The van der Waals surface area contributed by atoms with Crippen LogP contribution in [0.4, 0.5) is 19.0 Å². The van der Waals surface area contributed by atoms with Gasteiger partial charge in [-0.25, -0.2) is 28.1 Å². The molecule has 1 saturated heterocycles. The number of carbonyl (C=O) groups excluding carboxylic acids is 1. The Balaban J connectivity index is 1.26. The molecule has 1 N–H and O–H groups in total. The maximum atomic E-state index is 14.3. The van der Waals surface area contributed by atoms with Crippen LogP contribution in [0.25, 0.3) is 0 Å². The van der Waals surface area contributed by atoms with E-state index in [1.807, 2.05) is 6.07 Å². The third-order valence-corrected chi connectivity index (χ3v) is 7.17. The van der Waals surface area contributed by atoms with Crippen molar-refractivity contribution in [2.45, 2.75) is 57.2 Å². The van der Waals surface area contributed by atoms with Crippen molar-refractivity contribution >= 4 is 17.6 Å². The van der Waals surface area contributed by atoms with Crippen LogP contribution >= 0.6 is 0 Å². The number of aryl methyl sites for hydroxylation is 1. The molecule has 2 aromatic rings. The lowest BCUT2D eigenvalue weighted by Crippen LogP contribution is -2.34. The summed E-state index contributed by atoms with van der Waals surface area (Å²) in [5, 5.41) is 11.2. The van der Waals surface area contributed by atoms with E-state index in [1.54, 1.807) is 24.8 Å². The molecule has 0 radical (unpaired) electrons. The Kier molecular flexibility index (Phi) is 6.59. The topological polar surface area (TPSA) is 104 Å². The van der Waals surface area contributed by atoms with Crippen LogP contribution in [0.15, 0.2) is 39.6 Å². The number of nitrogens with one attached hydrogen (secondary N) is 1. The van der Waals surface area contributed by atoms with Gasteiger partial charge in [0.2, 0.25) is 23.3 Å². The van der Waals surface area contributed by atoms with Crippen molar-refractivity contribution in [2.75, 3.05) is 25.5 Å². The number of amides is 1. The van der Waals surface area contributed by atoms with Gasteiger partial charge >= 0.3 is 0 Å². The summed E-state index contributed by atoms with van der Waals surface area (Å²) in [6.45, 7) is 4.44. The quantitative estimate of drug-likeness (QED) is 0.560. The molecule has 0 aromatic carbocycles. The first-order chi connectivity index (χ1) is 17.7. The monoisotopic (exact) mass is 515 g/mol. The first-order valence-electron chi connectivity index (χ1n) is 12.3. The van der Waals surface area contributed by atoms with Crippen LogP contribution in [0.2, 0.25) is 0 Å². The van der Waals surface area contributed by atoms with E-state index >= 15 is 0 Å². The molecule has 2 aromatic heterocycles. The van der Waals surface area contributed by atoms with Crippen molar-refractivity contribution in [3.63, 3.8) is 0 Å². The molecular formula is C25H28F3N7O2. The molecule has 2 fully saturated rings. The first-order valence-corrected chi connectivity index (χ1v) is 12.3. The van der Waals surface area contributed by atoms with Crippen LogP contribution < -0.4 is 10.1 Å². The molecule has 196 valence electrons. The first kappa shape index (κ1) is 25.1. The summed E-state index contributed by atoms with van der Waals surface area (Å²) < 4.78 is 45.8. The molecule has 0 spiro atoms. The molecule has 5 rings (SSSR count). The second-order valence-corrected chi connectivity index (χ2v) is 9.68. The van der Waals surface area contributed by atoms with Gasteiger partial charge in [0.25, 0.3) is 6.43 Å². The number of amidine groups is 1. The van der Waals surface area contributed by atoms with E-state index in [2.05, 4.69) is 30.5 Å². The van der Waals surface area contributed by atoms with Crippen molar-refractivity contribution in [3.8, 4) is 5.88 Å². The molecule has 0 bridgehead atoms. The fourth-order valence-electron chi connectivity index (χ4n) is 5.03. The van der Waals surface area contributed by atoms with Crippen molar-refractivity contribution in [1.82, 2.24) is 14.9 Å². The molecule has 2 aliphatic heterocycles. The van der Waals surface area contributed by atoms with Crippen LogP contribution in [0.3, 0.4) is 0 Å². The van der Waals surface area contributed by atoms with Gasteiger partial charge < -0.3 is 15.0 Å². The summed E-state index contributed by atoms with van der Waals surface area (Å²) in [5.41, 5.74) is 0.426. The minimum atomic E-state index is -2.77. The van der Waals surface area contributed by atoms with Gasteiger partial charge in [-0.3, -0.25) is 4.79 Å². The maximum Gasteiger partial charge on any atom is 0.298 e. The Labute approximate surface area is 212 Å². The molecule has 12 heteroatoms. The molecule has 9 nitrogen and oxygen atoms in total. The number of azo groups is 1. The lowest BCUT2D eigenvalue weighted by atomic mass is 9.94. The number of likely N-dealkylation sites (tertiary alicyclic amines) is 1. The number of ether oxygens (including phenoxy) is 1. The third-order valence-electron chi connectivity index (χ3n) is 7.17. The molecular weight excluding hydrogens is 487 g/mol. The standard InChI is InChI=1S/C25H28F3N7O2/c1-13(17-10-21(37-3)29-11-19(17)26)24(36)35-9-8-16(12-35)31-20-7-6-18(14(2)30-20)25(15-4-5-15)32-23(22(27)28)33-34-25/h6-7,10-11,13,15-16,22H,4-5,8-9,12H2,1-3H3,(H,30,31)/t13-,16+,25?/m1/s1. The average molecular weight is 516 g/mol. The van der Waals surface area contributed by atoms with Crippen LogP contribution in [0, 0.1) is 18.7 Å². The largest absolute Gasteiger partial charge is 0.481 e. The molecule has 3 atom stereocenters. The van der Waals surface area contributed by atoms with Crippen LogP contribution in [0.5, 0.6) is 5.88 Å². The van der Waals surface area contributed by atoms with E-state index < -0.39 is 29.7 Å². The number of anilines is 1. The summed E-state index contributed by atoms with van der Waals surface area (Å²) in [6.07, 6.45) is 0.680. The summed E-state index contributed by atoms with van der Waals surface area (Å²) in [7, 11) is 1.44. The smallest absolute Gasteiger partial charge is 0.298 e. The summed E-state index contributed by atoms with van der Waals surface area (Å²) in [6, 6.07) is 5.01. The number of hydrogen-bond acceptors (Lipinski definition) is 8. The van der Waals surface area contributed by atoms with E-state index in [0.29, 0.717) is 36.6 Å². The number of rotatable bonds is 8. The Morgan fingerprint density at radius 3 is 2.70 bits per heavy atom. The fraction of sp³-hybridized carbons (Fsp3) is 0.520. The van der Waals surface area contributed by atoms with Crippen molar-refractivity contribution in [1.29, 1.82) is 0 Å². The number of nitrogens with zero attached hydrogens (tertiary/aromatic N) is 6. The van der Waals surface area contributed by atoms with Gasteiger partial charge in [-0.15, -0.1) is 5.11 Å². The number of pyridine rings is 2. The van der Waals surface area contributed by atoms with Crippen LogP contribution in [-0.2, 0) is 10.5 Å². The summed E-state index contributed by atoms with van der Waals surface area (Å²) >= 11 is 0. The van der Waals surface area contributed by atoms with Crippen molar-refractivity contribution in [3.05, 3.63) is 47.0 Å². The minimum Gasteiger partial charge on any atom is -0.481 e. The molecule has 1 aliphatic carbocycles. The van der Waals surface area contributed by atoms with Gasteiger partial charge in [-0.2, -0.15) is 5.11 Å². The van der Waals surface area contributed by atoms with Gasteiger partial charge in [-0.1, -0.05) is 0 Å². The fourth-order valence-corrected chi connectivity index (χ4v) is 5.03. The lowest BCUT2D eigenvalue weighted by molar-refractivity contribution is -0.131. The highest BCUT2D eigenvalue weighted by Gasteiger charge is 2.51. The van der Waals surface area contributed by atoms with Crippen LogP contribution in [-0.4, -0.2) is 59.3 Å². The predicted octanol–water partition coefficient (Wildman–Crippen LogP) is 4.44. The average Bonchev–Trinajstić information content (AvgIpc) is 3.48. The van der Waals surface area contributed by atoms with Crippen molar-refractivity contribution in [2.24, 2.45) is 21.1 Å². The zero-order valence-corrected chi connectivity index (χ0v) is 20.8. The second kappa shape index (κ2) is 9.71. The zero-order valence-electron chi connectivity index (χ0n) is 20.8. The van der Waals surface area contributed by atoms with E-state index in [4.69, 9.17) is 4.74 Å². The highest BCUT2D eigenvalue weighted by Crippen LogP contribution is 2.52. The number of carbonyl (C=O) groups is 1. The van der Waals surface area contributed by atoms with Gasteiger partial charge in [0.05, 0.1) is 19.2 Å². The van der Waals surface area contributed by atoms with Gasteiger partial charge in [0.1, 0.15) is 11.6 Å². The Bertz CT molecular complexity index is 1270. The molecule has 37 heavy (non-hydrogen) atoms. The lowest BCUT2D eigenvalue weighted by Gasteiger charge is -2.24. The zero-order chi connectivity index (χ0) is 26.3. The van der Waals surface area contributed by atoms with Gasteiger partial charge in [0.15, 0.2) is 0 Å². The number of aromatic nitrogens is 2.